The summed E-state index contributed by atoms with van der Waals surface area (Å²) >= 11 is 0. The second-order valence-corrected chi connectivity index (χ2v) is 2.17. The average molecular weight is 157 g/mol. The molecule has 0 spiro atoms. The molecular weight excluding hydrogens is 138 g/mol. The van der Waals surface area contributed by atoms with Gasteiger partial charge < -0.3 is 10.7 Å². The topological polar surface area (TPSA) is 50.7 Å². The molecule has 0 aliphatic rings. The molecular formula is C8H19N3. The van der Waals surface area contributed by atoms with Gasteiger partial charge in [-0.15, -0.1) is 0 Å². The van der Waals surface area contributed by atoms with Crippen LogP contribution in [-0.2, 0) is 0 Å². The highest BCUT2D eigenvalue weighted by atomic mass is 14.7. The first-order chi connectivity index (χ1) is 5.22. The maximum Gasteiger partial charge on any atom is 0.0276 e. The monoisotopic (exact) mass is 157 g/mol. The van der Waals surface area contributed by atoms with Gasteiger partial charge in [0.15, 0.2) is 0 Å². The van der Waals surface area contributed by atoms with Crippen LogP contribution in [0.3, 0.4) is 0 Å². The highest BCUT2D eigenvalue weighted by Crippen LogP contribution is 1.88. The van der Waals surface area contributed by atoms with Crippen LogP contribution in [0.5, 0.6) is 0 Å². The van der Waals surface area contributed by atoms with Crippen molar-refractivity contribution in [3.8, 4) is 0 Å². The SMILES string of the molecule is C=NC.CN=C(C)CCCN. The van der Waals surface area contributed by atoms with Gasteiger partial charge in [-0.1, -0.05) is 0 Å². The Morgan fingerprint density at radius 1 is 1.45 bits per heavy atom. The Morgan fingerprint density at radius 2 is 1.91 bits per heavy atom. The third-order valence-corrected chi connectivity index (χ3v) is 1.12. The lowest BCUT2D eigenvalue weighted by Gasteiger charge is -1.93. The first-order valence-electron chi connectivity index (χ1n) is 3.70. The highest BCUT2D eigenvalue weighted by Gasteiger charge is 1.85. The summed E-state index contributed by atoms with van der Waals surface area (Å²) in [6.07, 6.45) is 2.11. The van der Waals surface area contributed by atoms with Crippen LogP contribution in [0.25, 0.3) is 0 Å². The average Bonchev–Trinajstić information content (AvgIpc) is 2.02. The van der Waals surface area contributed by atoms with Gasteiger partial charge in [0.25, 0.3) is 0 Å². The predicted octanol–water partition coefficient (Wildman–Crippen LogP) is 1.13. The Hall–Kier alpha value is -0.700. The summed E-state index contributed by atoms with van der Waals surface area (Å²) in [6.45, 7) is 5.91. The van der Waals surface area contributed by atoms with Crippen LogP contribution in [0.4, 0.5) is 0 Å². The van der Waals surface area contributed by atoms with E-state index < -0.39 is 0 Å². The zero-order chi connectivity index (χ0) is 9.11. The summed E-state index contributed by atoms with van der Waals surface area (Å²) in [4.78, 5) is 7.24. The molecule has 0 radical (unpaired) electrons. The molecule has 0 bridgehead atoms. The van der Waals surface area contributed by atoms with Crippen LogP contribution in [0.1, 0.15) is 19.8 Å². The fourth-order valence-electron chi connectivity index (χ4n) is 0.470. The first-order valence-corrected chi connectivity index (χ1v) is 3.70. The Bertz CT molecular complexity index is 108. The van der Waals surface area contributed by atoms with Gasteiger partial charge in [-0.3, -0.25) is 4.99 Å². The summed E-state index contributed by atoms with van der Waals surface area (Å²) in [7, 11) is 3.45. The fourth-order valence-corrected chi connectivity index (χ4v) is 0.470. The Kier molecular flexibility index (Phi) is 14.1. The summed E-state index contributed by atoms with van der Waals surface area (Å²) < 4.78 is 0. The van der Waals surface area contributed by atoms with Gasteiger partial charge in [0.1, 0.15) is 0 Å². The molecule has 0 rings (SSSR count). The lowest BCUT2D eigenvalue weighted by atomic mass is 10.2. The van der Waals surface area contributed by atoms with Crippen molar-refractivity contribution in [3.63, 3.8) is 0 Å². The molecule has 0 heterocycles. The molecule has 0 saturated heterocycles. The van der Waals surface area contributed by atoms with Crippen LogP contribution in [0, 0.1) is 0 Å². The minimum absolute atomic E-state index is 0.771. The fraction of sp³-hybridized carbons (Fsp3) is 0.750. The number of nitrogens with zero attached hydrogens (tertiary/aromatic N) is 2. The molecule has 11 heavy (non-hydrogen) atoms. The molecule has 3 heteroatoms. The molecule has 0 aliphatic carbocycles. The molecule has 0 amide bonds. The molecule has 0 atom stereocenters. The van der Waals surface area contributed by atoms with Crippen molar-refractivity contribution >= 4 is 12.4 Å². The Labute approximate surface area is 69.4 Å². The third-order valence-electron chi connectivity index (χ3n) is 1.12. The smallest absolute Gasteiger partial charge is 0.0276 e. The molecule has 0 aromatic heterocycles. The molecule has 3 nitrogen and oxygen atoms in total. The van der Waals surface area contributed by atoms with E-state index in [1.165, 1.54) is 5.71 Å². The molecule has 2 N–H and O–H groups in total. The van der Waals surface area contributed by atoms with E-state index in [2.05, 4.69) is 16.7 Å². The minimum atomic E-state index is 0.771. The second-order valence-electron chi connectivity index (χ2n) is 2.17. The number of hydrogen-bond donors (Lipinski definition) is 1. The first kappa shape index (κ1) is 12.9. The van der Waals surface area contributed by atoms with Crippen molar-refractivity contribution in [1.29, 1.82) is 0 Å². The third kappa shape index (κ3) is 17.6. The van der Waals surface area contributed by atoms with E-state index in [-0.39, 0.29) is 0 Å². The van der Waals surface area contributed by atoms with Crippen LogP contribution < -0.4 is 5.73 Å². The van der Waals surface area contributed by atoms with Crippen molar-refractivity contribution in [3.05, 3.63) is 0 Å². The molecule has 0 aromatic carbocycles. The zero-order valence-electron chi connectivity index (χ0n) is 7.80. The van der Waals surface area contributed by atoms with Gasteiger partial charge >= 0.3 is 0 Å². The second kappa shape index (κ2) is 12.0. The Morgan fingerprint density at radius 3 is 2.18 bits per heavy atom. The van der Waals surface area contributed by atoms with E-state index in [4.69, 9.17) is 5.73 Å². The van der Waals surface area contributed by atoms with Crippen LogP contribution >= 0.6 is 0 Å². The van der Waals surface area contributed by atoms with E-state index in [9.17, 15) is 0 Å². The standard InChI is InChI=1S/C6H14N2.C2H5N/c1-6(8-2)4-3-5-7;1-3-2/h3-5,7H2,1-2H3;1H2,2H3. The Balaban J connectivity index is 0. The van der Waals surface area contributed by atoms with Crippen molar-refractivity contribution < 1.29 is 0 Å². The molecule has 0 saturated carbocycles. The van der Waals surface area contributed by atoms with Gasteiger partial charge in [-0.2, -0.15) is 0 Å². The zero-order valence-corrected chi connectivity index (χ0v) is 7.80. The predicted molar refractivity (Wildman–Crippen MR) is 52.8 cm³/mol. The van der Waals surface area contributed by atoms with E-state index in [0.717, 1.165) is 19.4 Å². The van der Waals surface area contributed by atoms with E-state index in [1.807, 2.05) is 14.0 Å². The molecule has 0 aromatic rings. The van der Waals surface area contributed by atoms with Crippen LogP contribution in [-0.4, -0.2) is 33.1 Å². The number of hydrogen-bond acceptors (Lipinski definition) is 3. The van der Waals surface area contributed by atoms with Crippen molar-refractivity contribution in [2.45, 2.75) is 19.8 Å². The lowest BCUT2D eigenvalue weighted by Crippen LogP contribution is -2.01. The van der Waals surface area contributed by atoms with Crippen LogP contribution in [0.15, 0.2) is 9.98 Å². The summed E-state index contributed by atoms with van der Waals surface area (Å²) in [5.74, 6) is 0. The minimum Gasteiger partial charge on any atom is -0.330 e. The van der Waals surface area contributed by atoms with E-state index in [1.54, 1.807) is 7.05 Å². The molecule has 0 aliphatic heterocycles. The number of aliphatic imine (C=N–C) groups is 2. The number of rotatable bonds is 3. The molecule has 0 unspecified atom stereocenters. The molecule has 66 valence electrons. The summed E-state index contributed by atoms with van der Waals surface area (Å²) in [5, 5.41) is 0. The maximum atomic E-state index is 5.28. The maximum absolute atomic E-state index is 5.28. The van der Waals surface area contributed by atoms with Gasteiger partial charge in [-0.25, -0.2) is 0 Å². The summed E-state index contributed by atoms with van der Waals surface area (Å²) in [5.41, 5.74) is 6.47. The van der Waals surface area contributed by atoms with E-state index in [0.29, 0.717) is 0 Å². The normalized spacial score (nSPS) is 10.0. The van der Waals surface area contributed by atoms with Gasteiger partial charge in [0.05, 0.1) is 0 Å². The van der Waals surface area contributed by atoms with Gasteiger partial charge in [0, 0.05) is 19.8 Å². The van der Waals surface area contributed by atoms with Crippen molar-refractivity contribution in [2.24, 2.45) is 15.7 Å². The lowest BCUT2D eigenvalue weighted by molar-refractivity contribution is 0.873. The molecule has 0 fully saturated rings. The van der Waals surface area contributed by atoms with Crippen LogP contribution in [0.2, 0.25) is 0 Å². The van der Waals surface area contributed by atoms with E-state index >= 15 is 0 Å². The quantitative estimate of drug-likeness (QED) is 0.613. The van der Waals surface area contributed by atoms with Gasteiger partial charge in [0.2, 0.25) is 0 Å². The highest BCUT2D eigenvalue weighted by molar-refractivity contribution is 5.81. The number of nitrogens with two attached hydrogens (primary N) is 1. The van der Waals surface area contributed by atoms with Crippen molar-refractivity contribution in [2.75, 3.05) is 20.6 Å². The van der Waals surface area contributed by atoms with Crippen molar-refractivity contribution in [1.82, 2.24) is 0 Å². The van der Waals surface area contributed by atoms with Gasteiger partial charge in [-0.05, 0) is 33.0 Å². The largest absolute Gasteiger partial charge is 0.330 e. The summed E-state index contributed by atoms with van der Waals surface area (Å²) in [6, 6.07) is 0.